The molecule has 0 spiro atoms. The first-order valence-electron chi connectivity index (χ1n) is 7.03. The fourth-order valence-corrected chi connectivity index (χ4v) is 2.34. The highest BCUT2D eigenvalue weighted by atomic mass is 32.2. The van der Waals surface area contributed by atoms with Crippen molar-refractivity contribution in [1.82, 2.24) is 0 Å². The fraction of sp³-hybridized carbons (Fsp3) is 0.533. The van der Waals surface area contributed by atoms with Gasteiger partial charge in [-0.15, -0.1) is 0 Å². The van der Waals surface area contributed by atoms with Crippen LogP contribution in [0, 0.1) is 10.1 Å². The number of ether oxygens (including phenoxy) is 1. The molecule has 0 saturated carbocycles. The van der Waals surface area contributed by atoms with E-state index in [1.165, 1.54) is 6.92 Å². The lowest BCUT2D eigenvalue weighted by atomic mass is 10.0. The number of benzene rings is 1. The van der Waals surface area contributed by atoms with Crippen LogP contribution in [0.4, 0.5) is 14.5 Å². The number of nitro groups is 1. The molecule has 1 atom stereocenters. The van der Waals surface area contributed by atoms with Crippen molar-refractivity contribution in [1.29, 1.82) is 0 Å². The molecule has 0 N–H and O–H groups in total. The van der Waals surface area contributed by atoms with E-state index in [4.69, 9.17) is 0 Å². The van der Waals surface area contributed by atoms with Crippen molar-refractivity contribution >= 4 is 22.8 Å². The van der Waals surface area contributed by atoms with Gasteiger partial charge in [0.05, 0.1) is 10.6 Å². The zero-order valence-electron chi connectivity index (χ0n) is 14.1. The van der Waals surface area contributed by atoms with Crippen LogP contribution in [0.15, 0.2) is 22.6 Å². The first kappa shape index (κ1) is 20.5. The Kier molecular flexibility index (Phi) is 6.43. The molecule has 0 heterocycles. The van der Waals surface area contributed by atoms with Gasteiger partial charge < -0.3 is 9.29 Å². The number of nitro benzene ring substituents is 1. The Morgan fingerprint density at radius 3 is 2.38 bits per heavy atom. The van der Waals surface area contributed by atoms with Crippen molar-refractivity contribution in [3.05, 3.63) is 39.4 Å². The van der Waals surface area contributed by atoms with E-state index in [1.54, 1.807) is 20.8 Å². The first-order chi connectivity index (χ1) is 10.9. The van der Waals surface area contributed by atoms with Crippen LogP contribution in [0.5, 0.6) is 0 Å². The van der Waals surface area contributed by atoms with Crippen LogP contribution in [0.1, 0.15) is 38.8 Å². The van der Waals surface area contributed by atoms with Gasteiger partial charge in [-0.3, -0.25) is 10.1 Å². The average molecular weight is 362 g/mol. The van der Waals surface area contributed by atoms with Crippen molar-refractivity contribution in [2.24, 2.45) is 4.40 Å². The smallest absolute Gasteiger partial charge is 0.296 e. The third-order valence-electron chi connectivity index (χ3n) is 3.04. The van der Waals surface area contributed by atoms with E-state index in [0.717, 1.165) is 25.3 Å². The molecule has 24 heavy (non-hydrogen) atoms. The number of hydrogen-bond acceptors (Lipinski definition) is 5. The number of nitrogens with zero attached hydrogens (tertiary/aromatic N) is 2. The summed E-state index contributed by atoms with van der Waals surface area (Å²) < 4.78 is 48.0. The highest BCUT2D eigenvalue weighted by molar-refractivity contribution is 7.91. The highest BCUT2D eigenvalue weighted by Gasteiger charge is 2.34. The van der Waals surface area contributed by atoms with Crippen LogP contribution in [0.3, 0.4) is 0 Å². The molecule has 6 nitrogen and oxygen atoms in total. The van der Waals surface area contributed by atoms with E-state index in [9.17, 15) is 23.4 Å². The number of hydrogen-bond donors (Lipinski definition) is 0. The lowest BCUT2D eigenvalue weighted by molar-refractivity contribution is -0.385. The van der Waals surface area contributed by atoms with Gasteiger partial charge in [0.1, 0.15) is 22.7 Å². The number of non-ortho nitro benzene ring substituents is 1. The molecular formula is C15H20F2N2O4S. The summed E-state index contributed by atoms with van der Waals surface area (Å²) in [4.78, 5) is 10.3. The Balaban J connectivity index is 3.40. The fourth-order valence-electron chi connectivity index (χ4n) is 1.72. The Morgan fingerprint density at radius 1 is 1.33 bits per heavy atom. The van der Waals surface area contributed by atoms with Gasteiger partial charge in [-0.25, -0.2) is 0 Å². The van der Waals surface area contributed by atoms with E-state index in [0.29, 0.717) is 0 Å². The van der Waals surface area contributed by atoms with Gasteiger partial charge >= 0.3 is 0 Å². The molecule has 0 aliphatic heterocycles. The molecule has 0 saturated heterocycles. The topological polar surface area (TPSA) is 87.8 Å². The Hall–Kier alpha value is -1.58. The average Bonchev–Trinajstić information content (AvgIpc) is 2.45. The highest BCUT2D eigenvalue weighted by Crippen LogP contribution is 2.32. The van der Waals surface area contributed by atoms with Crippen LogP contribution >= 0.6 is 0 Å². The minimum absolute atomic E-state index is 0.118. The molecule has 0 bridgehead atoms. The van der Waals surface area contributed by atoms with E-state index in [2.05, 4.69) is 9.13 Å². The monoisotopic (exact) mass is 362 g/mol. The van der Waals surface area contributed by atoms with Gasteiger partial charge in [0, 0.05) is 30.4 Å². The van der Waals surface area contributed by atoms with E-state index >= 15 is 0 Å². The molecule has 1 aromatic rings. The normalized spacial score (nSPS) is 14.6. The summed E-state index contributed by atoms with van der Waals surface area (Å²) in [6.45, 7) is 5.71. The van der Waals surface area contributed by atoms with Gasteiger partial charge in [-0.05, 0) is 33.8 Å². The molecule has 9 heteroatoms. The largest absolute Gasteiger partial charge is 0.591 e. The molecule has 0 amide bonds. The van der Waals surface area contributed by atoms with Crippen molar-refractivity contribution < 1.29 is 23.0 Å². The van der Waals surface area contributed by atoms with E-state index in [1.807, 2.05) is 0 Å². The molecule has 1 rings (SSSR count). The standard InChI is InChI=1S/C15H20F2N2O4S/c1-10(18-24(22)14(2,3)4)11-6-12(15(16,17)9-23-5)8-13(7-11)19(20)21/h6-8H,9H2,1-5H3. The maximum atomic E-state index is 14.0. The molecular weight excluding hydrogens is 342 g/mol. The molecule has 134 valence electrons. The molecule has 0 aromatic heterocycles. The zero-order valence-corrected chi connectivity index (χ0v) is 14.9. The second kappa shape index (κ2) is 7.54. The first-order valence-corrected chi connectivity index (χ1v) is 8.13. The quantitative estimate of drug-likeness (QED) is 0.335. The predicted octanol–water partition coefficient (Wildman–Crippen LogP) is 3.60. The lowest BCUT2D eigenvalue weighted by Crippen LogP contribution is -2.27. The van der Waals surface area contributed by atoms with Crippen LogP contribution in [0.2, 0.25) is 0 Å². The molecule has 0 aliphatic carbocycles. The summed E-state index contributed by atoms with van der Waals surface area (Å²) in [6.07, 6.45) is 0. The minimum Gasteiger partial charge on any atom is -0.591 e. The SMILES string of the molecule is COCC(F)(F)c1cc(C(C)=N[S+]([O-])C(C)(C)C)cc([N+](=O)[O-])c1. The summed E-state index contributed by atoms with van der Waals surface area (Å²) in [5.74, 6) is -3.39. The Labute approximate surface area is 142 Å². The molecule has 0 radical (unpaired) electrons. The maximum Gasteiger partial charge on any atom is 0.296 e. The Bertz CT molecular complexity index is 645. The summed E-state index contributed by atoms with van der Waals surface area (Å²) in [5, 5.41) is 11.0. The molecule has 1 unspecified atom stereocenters. The van der Waals surface area contributed by atoms with Crippen molar-refractivity contribution in [2.45, 2.75) is 38.4 Å². The predicted molar refractivity (Wildman–Crippen MR) is 89.0 cm³/mol. The Morgan fingerprint density at radius 2 is 1.92 bits per heavy atom. The van der Waals surface area contributed by atoms with Crippen LogP contribution in [0.25, 0.3) is 0 Å². The second-order valence-electron chi connectivity index (χ2n) is 6.20. The molecule has 0 fully saturated rings. The van der Waals surface area contributed by atoms with Crippen molar-refractivity contribution in [2.75, 3.05) is 13.7 Å². The number of alkyl halides is 2. The van der Waals surface area contributed by atoms with Crippen molar-refractivity contribution in [3.8, 4) is 0 Å². The lowest BCUT2D eigenvalue weighted by Gasteiger charge is -2.19. The van der Waals surface area contributed by atoms with Gasteiger partial charge in [0.25, 0.3) is 11.6 Å². The second-order valence-corrected chi connectivity index (χ2v) is 8.11. The molecule has 1 aromatic carbocycles. The van der Waals surface area contributed by atoms with Crippen LogP contribution < -0.4 is 0 Å². The van der Waals surface area contributed by atoms with Crippen molar-refractivity contribution in [3.63, 3.8) is 0 Å². The van der Waals surface area contributed by atoms with Crippen LogP contribution in [-0.2, 0) is 22.0 Å². The van der Waals surface area contributed by atoms with E-state index in [-0.39, 0.29) is 11.3 Å². The molecule has 0 aliphatic rings. The number of rotatable bonds is 6. The summed E-state index contributed by atoms with van der Waals surface area (Å²) in [7, 11) is 1.12. The third-order valence-corrected chi connectivity index (χ3v) is 4.53. The third kappa shape index (κ3) is 5.22. The van der Waals surface area contributed by atoms with Gasteiger partial charge in [-0.2, -0.15) is 8.78 Å². The van der Waals surface area contributed by atoms with Gasteiger partial charge in [-0.1, -0.05) is 4.40 Å². The summed E-state index contributed by atoms with van der Waals surface area (Å²) >= 11 is -1.61. The minimum atomic E-state index is -3.39. The van der Waals surface area contributed by atoms with E-state index < -0.39 is 44.8 Å². The maximum absolute atomic E-state index is 14.0. The van der Waals surface area contributed by atoms with Crippen LogP contribution in [-0.4, -0.2) is 33.7 Å². The number of halogens is 2. The zero-order chi connectivity index (χ0) is 18.7. The van der Waals surface area contributed by atoms with Gasteiger partial charge in [0.15, 0.2) is 0 Å². The summed E-state index contributed by atoms with van der Waals surface area (Å²) in [5.41, 5.74) is -0.743. The number of methoxy groups -OCH3 is 1. The summed E-state index contributed by atoms with van der Waals surface area (Å²) in [6, 6.07) is 3.03. The van der Waals surface area contributed by atoms with Gasteiger partial charge in [0.2, 0.25) is 0 Å².